The number of allylic oxidation sites excluding steroid dienone is 2. The SMILES string of the molecule is C=C1C=CC(C)C2C(=O)N(C(=O)OCCCC)C(=O)C12. The summed E-state index contributed by atoms with van der Waals surface area (Å²) in [6.07, 6.45) is 4.32. The predicted molar refractivity (Wildman–Crippen MR) is 72.5 cm³/mol. The number of hydrogen-bond acceptors (Lipinski definition) is 4. The molecule has 0 aromatic heterocycles. The minimum absolute atomic E-state index is 0.0876. The van der Waals surface area contributed by atoms with Crippen LogP contribution in [0.15, 0.2) is 24.3 Å². The second-order valence-corrected chi connectivity index (χ2v) is 5.28. The van der Waals surface area contributed by atoms with Crippen LogP contribution in [0.3, 0.4) is 0 Å². The number of amides is 3. The van der Waals surface area contributed by atoms with Crippen molar-refractivity contribution in [1.82, 2.24) is 4.90 Å². The second-order valence-electron chi connectivity index (χ2n) is 5.28. The fraction of sp³-hybridized carbons (Fsp3) is 0.533. The van der Waals surface area contributed by atoms with Gasteiger partial charge in [0, 0.05) is 0 Å². The molecule has 0 aromatic carbocycles. The third-order valence-corrected chi connectivity index (χ3v) is 3.84. The van der Waals surface area contributed by atoms with Gasteiger partial charge in [-0.1, -0.05) is 39.0 Å². The van der Waals surface area contributed by atoms with Crippen LogP contribution in [0.25, 0.3) is 0 Å². The van der Waals surface area contributed by atoms with Crippen molar-refractivity contribution in [3.63, 3.8) is 0 Å². The minimum atomic E-state index is -0.858. The lowest BCUT2D eigenvalue weighted by atomic mass is 9.76. The highest BCUT2D eigenvalue weighted by Gasteiger charge is 2.54. The predicted octanol–water partition coefficient (Wildman–Crippen LogP) is 2.29. The van der Waals surface area contributed by atoms with Gasteiger partial charge in [0.2, 0.25) is 11.8 Å². The third kappa shape index (κ3) is 2.28. The van der Waals surface area contributed by atoms with Gasteiger partial charge < -0.3 is 4.74 Å². The Labute approximate surface area is 118 Å². The van der Waals surface area contributed by atoms with E-state index in [1.807, 2.05) is 19.9 Å². The van der Waals surface area contributed by atoms with Crippen molar-refractivity contribution < 1.29 is 19.1 Å². The molecule has 108 valence electrons. The number of rotatable bonds is 3. The molecule has 0 bridgehead atoms. The molecule has 20 heavy (non-hydrogen) atoms. The molecule has 2 aliphatic rings. The monoisotopic (exact) mass is 277 g/mol. The van der Waals surface area contributed by atoms with E-state index in [1.165, 1.54) is 0 Å². The summed E-state index contributed by atoms with van der Waals surface area (Å²) in [4.78, 5) is 37.2. The van der Waals surface area contributed by atoms with E-state index in [2.05, 4.69) is 6.58 Å². The Balaban J connectivity index is 2.17. The first-order chi connectivity index (χ1) is 9.49. The topological polar surface area (TPSA) is 63.7 Å². The molecule has 0 radical (unpaired) electrons. The first-order valence-corrected chi connectivity index (χ1v) is 6.90. The maximum atomic E-state index is 12.3. The lowest BCUT2D eigenvalue weighted by Crippen LogP contribution is -2.38. The molecule has 5 nitrogen and oxygen atoms in total. The maximum Gasteiger partial charge on any atom is 0.423 e. The molecule has 3 amide bonds. The summed E-state index contributed by atoms with van der Waals surface area (Å²) in [5, 5.41) is 0. The molecule has 3 atom stereocenters. The summed E-state index contributed by atoms with van der Waals surface area (Å²) >= 11 is 0. The summed E-state index contributed by atoms with van der Waals surface area (Å²) in [5.74, 6) is -2.22. The molecule has 2 rings (SSSR count). The zero-order valence-electron chi connectivity index (χ0n) is 11.8. The Morgan fingerprint density at radius 3 is 2.70 bits per heavy atom. The summed E-state index contributed by atoms with van der Waals surface area (Å²) in [6, 6.07) is 0. The largest absolute Gasteiger partial charge is 0.449 e. The quantitative estimate of drug-likeness (QED) is 0.586. The van der Waals surface area contributed by atoms with E-state index in [0.717, 1.165) is 6.42 Å². The second kappa shape index (κ2) is 5.61. The molecule has 1 saturated heterocycles. The average Bonchev–Trinajstić information content (AvgIpc) is 2.67. The van der Waals surface area contributed by atoms with Gasteiger partial charge in [0.1, 0.15) is 0 Å². The standard InChI is InChI=1S/C15H19NO4/c1-4-5-8-20-15(19)16-13(17)11-9(2)6-7-10(3)12(11)14(16)18/h6-7,10-12H,2,4-5,8H2,1,3H3. The van der Waals surface area contributed by atoms with E-state index in [-0.39, 0.29) is 12.5 Å². The van der Waals surface area contributed by atoms with Crippen LogP contribution >= 0.6 is 0 Å². The van der Waals surface area contributed by atoms with E-state index in [4.69, 9.17) is 4.74 Å². The Kier molecular flexibility index (Phi) is 4.06. The Hall–Kier alpha value is -1.91. The molecular weight excluding hydrogens is 258 g/mol. The number of likely N-dealkylation sites (tertiary alicyclic amines) is 1. The highest BCUT2D eigenvalue weighted by Crippen LogP contribution is 2.40. The molecule has 0 aromatic rings. The Morgan fingerprint density at radius 2 is 2.10 bits per heavy atom. The van der Waals surface area contributed by atoms with Crippen LogP contribution in [-0.2, 0) is 14.3 Å². The molecule has 0 spiro atoms. The molecular formula is C15H19NO4. The summed E-state index contributed by atoms with van der Waals surface area (Å²) < 4.78 is 4.98. The smallest absolute Gasteiger partial charge is 0.423 e. The number of fused-ring (bicyclic) bond motifs is 1. The maximum absolute atomic E-state index is 12.3. The number of hydrogen-bond donors (Lipinski definition) is 0. The summed E-state index contributed by atoms with van der Waals surface area (Å²) in [5.41, 5.74) is 0.579. The van der Waals surface area contributed by atoms with E-state index in [1.54, 1.807) is 6.08 Å². The van der Waals surface area contributed by atoms with Gasteiger partial charge in [-0.15, -0.1) is 0 Å². The van der Waals surface area contributed by atoms with E-state index >= 15 is 0 Å². The summed E-state index contributed by atoms with van der Waals surface area (Å²) in [6.45, 7) is 7.85. The van der Waals surface area contributed by atoms with Gasteiger partial charge in [-0.2, -0.15) is 4.90 Å². The zero-order chi connectivity index (χ0) is 14.9. The molecule has 0 saturated carbocycles. The molecule has 1 heterocycles. The van der Waals surface area contributed by atoms with Crippen LogP contribution in [0.4, 0.5) is 4.79 Å². The van der Waals surface area contributed by atoms with Crippen LogP contribution in [0.5, 0.6) is 0 Å². The Bertz CT molecular complexity index is 494. The van der Waals surface area contributed by atoms with Gasteiger partial charge in [-0.25, -0.2) is 4.79 Å². The van der Waals surface area contributed by atoms with E-state index < -0.39 is 29.7 Å². The van der Waals surface area contributed by atoms with E-state index in [9.17, 15) is 14.4 Å². The van der Waals surface area contributed by atoms with Crippen molar-refractivity contribution >= 4 is 17.9 Å². The average molecular weight is 277 g/mol. The number of nitrogens with zero attached hydrogens (tertiary/aromatic N) is 1. The van der Waals surface area contributed by atoms with Crippen LogP contribution in [0.2, 0.25) is 0 Å². The van der Waals surface area contributed by atoms with Gasteiger partial charge in [0.25, 0.3) is 0 Å². The van der Waals surface area contributed by atoms with Crippen molar-refractivity contribution in [3.8, 4) is 0 Å². The van der Waals surface area contributed by atoms with Crippen molar-refractivity contribution in [2.75, 3.05) is 6.61 Å². The number of carbonyl (C=O) groups is 3. The first kappa shape index (κ1) is 14.5. The van der Waals surface area contributed by atoms with Crippen LogP contribution in [-0.4, -0.2) is 29.4 Å². The highest BCUT2D eigenvalue weighted by molar-refractivity contribution is 6.16. The van der Waals surface area contributed by atoms with Crippen LogP contribution in [0, 0.1) is 17.8 Å². The van der Waals surface area contributed by atoms with Gasteiger partial charge in [-0.3, -0.25) is 9.59 Å². The normalized spacial score (nSPS) is 28.8. The van der Waals surface area contributed by atoms with Crippen molar-refractivity contribution in [1.29, 1.82) is 0 Å². The van der Waals surface area contributed by atoms with Crippen LogP contribution < -0.4 is 0 Å². The molecule has 3 unspecified atom stereocenters. The molecule has 1 fully saturated rings. The zero-order valence-corrected chi connectivity index (χ0v) is 11.8. The lowest BCUT2D eigenvalue weighted by Gasteiger charge is -2.24. The molecule has 1 aliphatic heterocycles. The fourth-order valence-corrected chi connectivity index (χ4v) is 2.66. The van der Waals surface area contributed by atoms with Gasteiger partial charge in [-0.05, 0) is 17.9 Å². The highest BCUT2D eigenvalue weighted by atomic mass is 16.6. The molecule has 0 N–H and O–H groups in total. The molecule has 5 heteroatoms. The molecule has 1 aliphatic carbocycles. The van der Waals surface area contributed by atoms with Crippen molar-refractivity contribution in [2.24, 2.45) is 17.8 Å². The van der Waals surface area contributed by atoms with E-state index in [0.29, 0.717) is 16.9 Å². The van der Waals surface area contributed by atoms with Crippen molar-refractivity contribution in [2.45, 2.75) is 26.7 Å². The Morgan fingerprint density at radius 1 is 1.40 bits per heavy atom. The number of ether oxygens (including phenoxy) is 1. The third-order valence-electron chi connectivity index (χ3n) is 3.84. The van der Waals surface area contributed by atoms with Gasteiger partial charge in [0.15, 0.2) is 0 Å². The van der Waals surface area contributed by atoms with Crippen molar-refractivity contribution in [3.05, 3.63) is 24.3 Å². The minimum Gasteiger partial charge on any atom is -0.449 e. The lowest BCUT2D eigenvalue weighted by molar-refractivity contribution is -0.137. The van der Waals surface area contributed by atoms with Gasteiger partial charge in [0.05, 0.1) is 18.4 Å². The van der Waals surface area contributed by atoms with Crippen LogP contribution in [0.1, 0.15) is 26.7 Å². The number of unbranched alkanes of at least 4 members (excludes halogenated alkanes) is 1. The number of imide groups is 3. The first-order valence-electron chi connectivity index (χ1n) is 6.90. The van der Waals surface area contributed by atoms with Gasteiger partial charge >= 0.3 is 6.09 Å². The summed E-state index contributed by atoms with van der Waals surface area (Å²) in [7, 11) is 0. The fourth-order valence-electron chi connectivity index (χ4n) is 2.66. The number of carbonyl (C=O) groups excluding carboxylic acids is 3.